The minimum Gasteiger partial charge on any atom is -0.372 e. The Bertz CT molecular complexity index is 512. The van der Waals surface area contributed by atoms with Crippen LogP contribution in [-0.2, 0) is 10.0 Å². The maximum absolute atomic E-state index is 12.6. The van der Waals surface area contributed by atoms with Crippen molar-refractivity contribution in [1.82, 2.24) is 9.29 Å². The Morgan fingerprint density at radius 3 is 2.78 bits per heavy atom. The first-order chi connectivity index (χ1) is 8.59. The van der Waals surface area contributed by atoms with Crippen molar-refractivity contribution in [2.45, 2.75) is 24.7 Å². The van der Waals surface area contributed by atoms with Gasteiger partial charge in [-0.15, -0.1) is 0 Å². The van der Waals surface area contributed by atoms with Crippen LogP contribution in [-0.4, -0.2) is 37.8 Å². The lowest BCUT2D eigenvalue weighted by Gasteiger charge is -2.21. The summed E-state index contributed by atoms with van der Waals surface area (Å²) >= 11 is 0. The summed E-state index contributed by atoms with van der Waals surface area (Å²) in [7, 11) is -1.76. The molecule has 18 heavy (non-hydrogen) atoms. The minimum atomic E-state index is -3.44. The number of nitrogens with one attached hydrogen (secondary N) is 1. The predicted molar refractivity (Wildman–Crippen MR) is 70.9 cm³/mol. The molecule has 0 bridgehead atoms. The Labute approximate surface area is 108 Å². The van der Waals surface area contributed by atoms with Gasteiger partial charge in [-0.2, -0.15) is 4.31 Å². The smallest absolute Gasteiger partial charge is 0.246 e. The lowest BCUT2D eigenvalue weighted by molar-refractivity contribution is 0.412. The number of hydrogen-bond acceptors (Lipinski definition) is 4. The van der Waals surface area contributed by atoms with Crippen molar-refractivity contribution in [2.24, 2.45) is 5.92 Å². The Hall–Kier alpha value is -1.14. The van der Waals surface area contributed by atoms with E-state index < -0.39 is 10.0 Å². The van der Waals surface area contributed by atoms with Gasteiger partial charge in [0, 0.05) is 26.3 Å². The van der Waals surface area contributed by atoms with E-state index in [0.717, 1.165) is 12.8 Å². The third-order valence-corrected chi connectivity index (χ3v) is 5.11. The number of anilines is 1. The highest BCUT2D eigenvalue weighted by atomic mass is 32.2. The molecule has 0 amide bonds. The summed E-state index contributed by atoms with van der Waals surface area (Å²) in [6, 6.07) is 3.25. The fraction of sp³-hybridized carbons (Fsp3) is 0.583. The second-order valence-electron chi connectivity index (χ2n) is 4.50. The molecule has 1 aliphatic rings. The number of aromatic nitrogens is 1. The van der Waals surface area contributed by atoms with E-state index in [4.69, 9.17) is 0 Å². The van der Waals surface area contributed by atoms with Crippen molar-refractivity contribution < 1.29 is 8.42 Å². The Kier molecular flexibility index (Phi) is 3.87. The van der Waals surface area contributed by atoms with Crippen LogP contribution in [0, 0.1) is 5.92 Å². The standard InChI is InChI=1S/C12H19N3O2S/c1-3-15(9-10-6-7-10)18(16,17)11-5-4-8-14-12(11)13-2/h4-5,8,10H,3,6-7,9H2,1-2H3,(H,13,14). The average molecular weight is 269 g/mol. The summed E-state index contributed by atoms with van der Waals surface area (Å²) < 4.78 is 26.6. The monoisotopic (exact) mass is 269 g/mol. The number of hydrogen-bond donors (Lipinski definition) is 1. The van der Waals surface area contributed by atoms with Crippen molar-refractivity contribution >= 4 is 15.8 Å². The van der Waals surface area contributed by atoms with Crippen molar-refractivity contribution in [2.75, 3.05) is 25.5 Å². The number of nitrogens with zero attached hydrogens (tertiary/aromatic N) is 2. The molecule has 0 radical (unpaired) electrons. The van der Waals surface area contributed by atoms with E-state index >= 15 is 0 Å². The van der Waals surface area contributed by atoms with Gasteiger partial charge in [-0.25, -0.2) is 13.4 Å². The summed E-state index contributed by atoms with van der Waals surface area (Å²) in [5.41, 5.74) is 0. The fourth-order valence-electron chi connectivity index (χ4n) is 1.91. The van der Waals surface area contributed by atoms with E-state index in [2.05, 4.69) is 10.3 Å². The fourth-order valence-corrected chi connectivity index (χ4v) is 3.59. The van der Waals surface area contributed by atoms with Crippen LogP contribution in [0.3, 0.4) is 0 Å². The zero-order chi connectivity index (χ0) is 13.2. The Morgan fingerprint density at radius 1 is 1.50 bits per heavy atom. The van der Waals surface area contributed by atoms with Gasteiger partial charge in [-0.3, -0.25) is 0 Å². The summed E-state index contributed by atoms with van der Waals surface area (Å²) in [6.45, 7) is 2.99. The maximum Gasteiger partial charge on any atom is 0.246 e. The van der Waals surface area contributed by atoms with Crippen LogP contribution in [0.25, 0.3) is 0 Å². The molecule has 1 saturated carbocycles. The van der Waals surface area contributed by atoms with Gasteiger partial charge in [-0.1, -0.05) is 6.92 Å². The minimum absolute atomic E-state index is 0.259. The molecule has 0 spiro atoms. The van der Waals surface area contributed by atoms with Crippen molar-refractivity contribution in [3.05, 3.63) is 18.3 Å². The summed E-state index contributed by atoms with van der Waals surface area (Å²) in [5, 5.41) is 2.83. The number of pyridine rings is 1. The van der Waals surface area contributed by atoms with Crippen molar-refractivity contribution in [3.8, 4) is 0 Å². The SMILES string of the molecule is CCN(CC1CC1)S(=O)(=O)c1cccnc1NC. The molecule has 1 aromatic heterocycles. The highest BCUT2D eigenvalue weighted by Crippen LogP contribution is 2.32. The number of rotatable bonds is 6. The van der Waals surface area contributed by atoms with E-state index in [1.807, 2.05) is 6.92 Å². The number of sulfonamides is 1. The van der Waals surface area contributed by atoms with Gasteiger partial charge in [0.05, 0.1) is 0 Å². The van der Waals surface area contributed by atoms with E-state index in [1.165, 1.54) is 0 Å². The van der Waals surface area contributed by atoms with Crippen LogP contribution in [0.2, 0.25) is 0 Å². The molecule has 1 aliphatic carbocycles. The van der Waals surface area contributed by atoms with Crippen molar-refractivity contribution in [3.63, 3.8) is 0 Å². The lowest BCUT2D eigenvalue weighted by atomic mass is 10.4. The molecule has 0 atom stereocenters. The zero-order valence-electron chi connectivity index (χ0n) is 10.8. The average Bonchev–Trinajstić information content (AvgIpc) is 3.19. The van der Waals surface area contributed by atoms with Crippen LogP contribution < -0.4 is 5.32 Å². The largest absolute Gasteiger partial charge is 0.372 e. The second-order valence-corrected chi connectivity index (χ2v) is 6.41. The first-order valence-electron chi connectivity index (χ1n) is 6.22. The molecule has 1 N–H and O–H groups in total. The molecule has 100 valence electrons. The van der Waals surface area contributed by atoms with E-state index in [0.29, 0.717) is 24.8 Å². The summed E-state index contributed by atoms with van der Waals surface area (Å²) in [5.74, 6) is 0.946. The first-order valence-corrected chi connectivity index (χ1v) is 7.66. The highest BCUT2D eigenvalue weighted by molar-refractivity contribution is 7.89. The molecule has 1 aromatic rings. The molecule has 0 unspecified atom stereocenters. The van der Waals surface area contributed by atoms with E-state index in [9.17, 15) is 8.42 Å². The molecule has 2 rings (SSSR count). The van der Waals surface area contributed by atoms with Gasteiger partial charge in [0.25, 0.3) is 0 Å². The highest BCUT2D eigenvalue weighted by Gasteiger charge is 2.32. The molecule has 0 saturated heterocycles. The van der Waals surface area contributed by atoms with Crippen LogP contribution in [0.1, 0.15) is 19.8 Å². The quantitative estimate of drug-likeness (QED) is 0.851. The van der Waals surface area contributed by atoms with Crippen LogP contribution in [0.4, 0.5) is 5.82 Å². The van der Waals surface area contributed by atoms with Gasteiger partial charge < -0.3 is 5.32 Å². The summed E-state index contributed by atoms with van der Waals surface area (Å²) in [6.07, 6.45) is 3.86. The Balaban J connectivity index is 2.32. The van der Waals surface area contributed by atoms with E-state index in [1.54, 1.807) is 29.7 Å². The zero-order valence-corrected chi connectivity index (χ0v) is 11.6. The molecular formula is C12H19N3O2S. The molecule has 5 nitrogen and oxygen atoms in total. The molecule has 1 heterocycles. The van der Waals surface area contributed by atoms with Gasteiger partial charge in [0.2, 0.25) is 10.0 Å². The Morgan fingerprint density at radius 2 is 2.22 bits per heavy atom. The molecule has 0 aromatic carbocycles. The van der Waals surface area contributed by atoms with Crippen molar-refractivity contribution in [1.29, 1.82) is 0 Å². The van der Waals surface area contributed by atoms with Gasteiger partial charge in [-0.05, 0) is 30.9 Å². The topological polar surface area (TPSA) is 62.3 Å². The predicted octanol–water partition coefficient (Wildman–Crippen LogP) is 1.54. The van der Waals surface area contributed by atoms with Crippen LogP contribution >= 0.6 is 0 Å². The van der Waals surface area contributed by atoms with Gasteiger partial charge in [0.15, 0.2) is 0 Å². The molecular weight excluding hydrogens is 250 g/mol. The van der Waals surface area contributed by atoms with Crippen LogP contribution in [0.5, 0.6) is 0 Å². The molecule has 0 aliphatic heterocycles. The maximum atomic E-state index is 12.6. The normalized spacial score (nSPS) is 15.9. The third-order valence-electron chi connectivity index (χ3n) is 3.14. The summed E-state index contributed by atoms with van der Waals surface area (Å²) in [4.78, 5) is 4.32. The third kappa shape index (κ3) is 2.64. The van der Waals surface area contributed by atoms with Crippen LogP contribution in [0.15, 0.2) is 23.2 Å². The van der Waals surface area contributed by atoms with Gasteiger partial charge in [0.1, 0.15) is 10.7 Å². The lowest BCUT2D eigenvalue weighted by Crippen LogP contribution is -2.33. The van der Waals surface area contributed by atoms with E-state index in [-0.39, 0.29) is 4.90 Å². The molecule has 6 heteroatoms. The second kappa shape index (κ2) is 5.24. The first kappa shape index (κ1) is 13.3. The molecule has 1 fully saturated rings. The van der Waals surface area contributed by atoms with Gasteiger partial charge >= 0.3 is 0 Å².